The van der Waals surface area contributed by atoms with Gasteiger partial charge < -0.3 is 15.4 Å². The van der Waals surface area contributed by atoms with Gasteiger partial charge in [-0.2, -0.15) is 0 Å². The van der Waals surface area contributed by atoms with Gasteiger partial charge in [0.1, 0.15) is 0 Å². The largest absolute Gasteiger partial charge is 0.366 e. The smallest absolute Gasteiger partial charge is 0.240 e. The molecule has 2 rings (SSSR count). The Kier molecular flexibility index (Phi) is 4.40. The van der Waals surface area contributed by atoms with Crippen molar-refractivity contribution in [2.75, 3.05) is 13.1 Å². The molecule has 0 aromatic heterocycles. The zero-order valence-electron chi connectivity index (χ0n) is 13.4. The monoisotopic (exact) mass is 290 g/mol. The first-order valence-electron chi connectivity index (χ1n) is 7.47. The summed E-state index contributed by atoms with van der Waals surface area (Å²) in [6.45, 7) is 9.21. The highest BCUT2D eigenvalue weighted by atomic mass is 16.5. The third-order valence-corrected chi connectivity index (χ3v) is 3.62. The van der Waals surface area contributed by atoms with E-state index in [2.05, 4.69) is 0 Å². The lowest BCUT2D eigenvalue weighted by Gasteiger charge is -2.47. The molecular formula is C17H26N2O2. The topological polar surface area (TPSA) is 55.6 Å². The number of carbonyl (C=O) groups is 1. The molecule has 2 N–H and O–H groups in total. The summed E-state index contributed by atoms with van der Waals surface area (Å²) >= 11 is 0. The van der Waals surface area contributed by atoms with Crippen LogP contribution in [-0.4, -0.2) is 41.1 Å². The second-order valence-electron chi connectivity index (χ2n) is 7.11. The van der Waals surface area contributed by atoms with Gasteiger partial charge in [-0.25, -0.2) is 0 Å². The minimum absolute atomic E-state index is 0.00306. The fourth-order valence-corrected chi connectivity index (χ4v) is 3.13. The van der Waals surface area contributed by atoms with Crippen LogP contribution < -0.4 is 5.73 Å². The Morgan fingerprint density at radius 3 is 2.24 bits per heavy atom. The molecular weight excluding hydrogens is 264 g/mol. The van der Waals surface area contributed by atoms with E-state index in [0.717, 1.165) is 5.56 Å². The fraction of sp³-hybridized carbons (Fsp3) is 0.588. The van der Waals surface area contributed by atoms with Crippen molar-refractivity contribution in [3.63, 3.8) is 0 Å². The van der Waals surface area contributed by atoms with E-state index in [0.29, 0.717) is 19.5 Å². The van der Waals surface area contributed by atoms with Gasteiger partial charge in [-0.05, 0) is 39.7 Å². The minimum Gasteiger partial charge on any atom is -0.366 e. The quantitative estimate of drug-likeness (QED) is 0.926. The lowest BCUT2D eigenvalue weighted by molar-refractivity contribution is -0.188. The highest BCUT2D eigenvalue weighted by molar-refractivity contribution is 5.82. The van der Waals surface area contributed by atoms with E-state index in [1.165, 1.54) is 0 Å². The van der Waals surface area contributed by atoms with Crippen molar-refractivity contribution in [1.82, 2.24) is 4.90 Å². The van der Waals surface area contributed by atoms with Crippen molar-refractivity contribution < 1.29 is 9.53 Å². The molecule has 1 aromatic carbocycles. The minimum atomic E-state index is -0.503. The number of morpholine rings is 1. The average molecular weight is 290 g/mol. The molecule has 21 heavy (non-hydrogen) atoms. The van der Waals surface area contributed by atoms with Crippen LogP contribution in [-0.2, 0) is 16.0 Å². The van der Waals surface area contributed by atoms with Crippen LogP contribution in [0, 0.1) is 0 Å². The maximum atomic E-state index is 12.6. The van der Waals surface area contributed by atoms with Gasteiger partial charge in [0, 0.05) is 13.1 Å². The second kappa shape index (κ2) is 5.78. The van der Waals surface area contributed by atoms with E-state index < -0.39 is 6.04 Å². The molecule has 0 radical (unpaired) electrons. The molecule has 4 nitrogen and oxygen atoms in total. The average Bonchev–Trinajstić information content (AvgIpc) is 2.35. The summed E-state index contributed by atoms with van der Waals surface area (Å²) in [7, 11) is 0. The molecule has 0 bridgehead atoms. The van der Waals surface area contributed by atoms with Crippen LogP contribution in [0.4, 0.5) is 0 Å². The normalized spacial score (nSPS) is 21.9. The number of carbonyl (C=O) groups excluding carboxylic acids is 1. The van der Waals surface area contributed by atoms with Crippen LogP contribution in [0.3, 0.4) is 0 Å². The second-order valence-corrected chi connectivity index (χ2v) is 7.11. The number of benzene rings is 1. The standard InChI is InChI=1S/C17H26N2O2/c1-16(2)11-19(12-17(3,4)21-16)15(20)14(18)10-13-8-6-5-7-9-13/h5-9,14H,10-12,18H2,1-4H3/t14-/m1/s1. The number of nitrogens with two attached hydrogens (primary N) is 1. The van der Waals surface area contributed by atoms with Crippen LogP contribution in [0.5, 0.6) is 0 Å². The Bertz CT molecular complexity index is 481. The lowest BCUT2D eigenvalue weighted by Crippen LogP contribution is -2.61. The predicted octanol–water partition coefficient (Wildman–Crippen LogP) is 1.97. The number of ether oxygens (including phenoxy) is 1. The van der Waals surface area contributed by atoms with Gasteiger partial charge in [0.15, 0.2) is 0 Å². The number of rotatable bonds is 3. The molecule has 1 fully saturated rings. The van der Waals surface area contributed by atoms with Gasteiger partial charge in [-0.1, -0.05) is 30.3 Å². The van der Waals surface area contributed by atoms with Crippen LogP contribution in [0.25, 0.3) is 0 Å². The Hall–Kier alpha value is -1.39. The summed E-state index contributed by atoms with van der Waals surface area (Å²) in [5.41, 5.74) is 6.53. The number of hydrogen-bond donors (Lipinski definition) is 1. The Morgan fingerprint density at radius 2 is 1.71 bits per heavy atom. The zero-order valence-corrected chi connectivity index (χ0v) is 13.4. The van der Waals surface area contributed by atoms with Gasteiger partial charge in [0.25, 0.3) is 0 Å². The van der Waals surface area contributed by atoms with Crippen molar-refractivity contribution in [2.24, 2.45) is 5.73 Å². The van der Waals surface area contributed by atoms with Crippen LogP contribution in [0.15, 0.2) is 30.3 Å². The SMILES string of the molecule is CC1(C)CN(C(=O)[C@H](N)Cc2ccccc2)CC(C)(C)O1. The highest BCUT2D eigenvalue weighted by Gasteiger charge is 2.40. The summed E-state index contributed by atoms with van der Waals surface area (Å²) in [6.07, 6.45) is 0.567. The molecule has 1 atom stereocenters. The summed E-state index contributed by atoms with van der Waals surface area (Å²) in [6, 6.07) is 9.39. The summed E-state index contributed by atoms with van der Waals surface area (Å²) < 4.78 is 6.00. The molecule has 1 aromatic rings. The van der Waals surface area contributed by atoms with Crippen molar-refractivity contribution >= 4 is 5.91 Å². The maximum Gasteiger partial charge on any atom is 0.240 e. The number of amides is 1. The van der Waals surface area contributed by atoms with E-state index >= 15 is 0 Å². The first-order chi connectivity index (χ1) is 9.69. The van der Waals surface area contributed by atoms with Gasteiger partial charge in [-0.3, -0.25) is 4.79 Å². The van der Waals surface area contributed by atoms with E-state index in [-0.39, 0.29) is 17.1 Å². The van der Waals surface area contributed by atoms with E-state index in [1.807, 2.05) is 62.9 Å². The van der Waals surface area contributed by atoms with Gasteiger partial charge in [0.2, 0.25) is 5.91 Å². The van der Waals surface area contributed by atoms with Crippen molar-refractivity contribution in [1.29, 1.82) is 0 Å². The fourth-order valence-electron chi connectivity index (χ4n) is 3.13. The third kappa shape index (κ3) is 4.29. The van der Waals surface area contributed by atoms with Crippen molar-refractivity contribution in [3.8, 4) is 0 Å². The predicted molar refractivity (Wildman–Crippen MR) is 83.9 cm³/mol. The number of hydrogen-bond acceptors (Lipinski definition) is 3. The molecule has 1 amide bonds. The highest BCUT2D eigenvalue weighted by Crippen LogP contribution is 2.28. The third-order valence-electron chi connectivity index (χ3n) is 3.62. The zero-order chi connectivity index (χ0) is 15.7. The molecule has 0 spiro atoms. The summed E-state index contributed by atoms with van der Waals surface area (Å²) in [5, 5.41) is 0. The van der Waals surface area contributed by atoms with E-state index in [4.69, 9.17) is 10.5 Å². The molecule has 116 valence electrons. The number of nitrogens with zero attached hydrogens (tertiary/aromatic N) is 1. The van der Waals surface area contributed by atoms with Gasteiger partial charge in [0.05, 0.1) is 17.2 Å². The van der Waals surface area contributed by atoms with Gasteiger partial charge >= 0.3 is 0 Å². The molecule has 4 heteroatoms. The molecule has 0 unspecified atom stereocenters. The molecule has 1 aliphatic heterocycles. The first-order valence-corrected chi connectivity index (χ1v) is 7.47. The van der Waals surface area contributed by atoms with Crippen molar-refractivity contribution in [3.05, 3.63) is 35.9 Å². The van der Waals surface area contributed by atoms with E-state index in [1.54, 1.807) is 0 Å². The molecule has 1 aliphatic rings. The van der Waals surface area contributed by atoms with Crippen molar-refractivity contribution in [2.45, 2.75) is 51.4 Å². The van der Waals surface area contributed by atoms with Crippen LogP contribution in [0.1, 0.15) is 33.3 Å². The van der Waals surface area contributed by atoms with E-state index in [9.17, 15) is 4.79 Å². The lowest BCUT2D eigenvalue weighted by atomic mass is 9.97. The first kappa shape index (κ1) is 16.0. The Labute approximate surface area is 127 Å². The Morgan fingerprint density at radius 1 is 1.19 bits per heavy atom. The Balaban J connectivity index is 2.05. The van der Waals surface area contributed by atoms with Crippen LogP contribution >= 0.6 is 0 Å². The van der Waals surface area contributed by atoms with Crippen LogP contribution in [0.2, 0.25) is 0 Å². The molecule has 1 saturated heterocycles. The molecule has 0 aliphatic carbocycles. The summed E-state index contributed by atoms with van der Waals surface area (Å²) in [5.74, 6) is 0.00306. The molecule has 1 heterocycles. The molecule has 0 saturated carbocycles. The summed E-state index contributed by atoms with van der Waals surface area (Å²) in [4.78, 5) is 14.5. The maximum absolute atomic E-state index is 12.6. The van der Waals surface area contributed by atoms with Gasteiger partial charge in [-0.15, -0.1) is 0 Å².